The van der Waals surface area contributed by atoms with Gasteiger partial charge in [0.15, 0.2) is 11.6 Å². The number of rotatable bonds is 3. The van der Waals surface area contributed by atoms with E-state index in [4.69, 9.17) is 9.47 Å². The van der Waals surface area contributed by atoms with Gasteiger partial charge in [-0.05, 0) is 19.9 Å². The zero-order valence-electron chi connectivity index (χ0n) is 10.4. The first-order chi connectivity index (χ1) is 8.46. The van der Waals surface area contributed by atoms with Gasteiger partial charge in [0.2, 0.25) is 5.88 Å². The summed E-state index contributed by atoms with van der Waals surface area (Å²) in [5.74, 6) is -0.717. The number of nitrogens with zero attached hydrogens (tertiary/aromatic N) is 1. The number of halogens is 1. The zero-order valence-corrected chi connectivity index (χ0v) is 10.4. The SMILES string of the molecule is CC1(C)COCC(CNc2nc(O)ccc2F)O1. The fourth-order valence-corrected chi connectivity index (χ4v) is 1.82. The molecule has 0 spiro atoms. The van der Waals surface area contributed by atoms with Crippen LogP contribution in [0.3, 0.4) is 0 Å². The highest BCUT2D eigenvalue weighted by atomic mass is 19.1. The molecule has 2 N–H and O–H groups in total. The molecule has 6 heteroatoms. The first-order valence-electron chi connectivity index (χ1n) is 5.81. The molecule has 1 aromatic rings. The van der Waals surface area contributed by atoms with E-state index in [0.717, 1.165) is 6.07 Å². The van der Waals surface area contributed by atoms with Gasteiger partial charge in [-0.1, -0.05) is 0 Å². The van der Waals surface area contributed by atoms with Gasteiger partial charge in [-0.25, -0.2) is 4.39 Å². The van der Waals surface area contributed by atoms with Gasteiger partial charge < -0.3 is 19.9 Å². The Hall–Kier alpha value is -1.40. The van der Waals surface area contributed by atoms with E-state index < -0.39 is 5.82 Å². The number of pyridine rings is 1. The molecule has 0 radical (unpaired) electrons. The van der Waals surface area contributed by atoms with Crippen LogP contribution in [-0.2, 0) is 9.47 Å². The van der Waals surface area contributed by atoms with Crippen molar-refractivity contribution in [3.05, 3.63) is 17.9 Å². The number of hydrogen-bond donors (Lipinski definition) is 2. The van der Waals surface area contributed by atoms with Gasteiger partial charge in [0.05, 0.1) is 24.9 Å². The van der Waals surface area contributed by atoms with Crippen LogP contribution in [0.2, 0.25) is 0 Å². The van der Waals surface area contributed by atoms with Crippen LogP contribution in [0.4, 0.5) is 10.2 Å². The molecule has 0 saturated carbocycles. The zero-order chi connectivity index (χ0) is 13.2. The normalized spacial score (nSPS) is 22.7. The molecule has 0 amide bonds. The largest absolute Gasteiger partial charge is 0.493 e. The minimum absolute atomic E-state index is 0.0157. The van der Waals surface area contributed by atoms with Gasteiger partial charge in [-0.2, -0.15) is 4.98 Å². The highest BCUT2D eigenvalue weighted by Crippen LogP contribution is 2.20. The first kappa shape index (κ1) is 13.0. The highest BCUT2D eigenvalue weighted by molar-refractivity contribution is 5.38. The van der Waals surface area contributed by atoms with Crippen LogP contribution in [0.25, 0.3) is 0 Å². The van der Waals surface area contributed by atoms with Crippen LogP contribution < -0.4 is 5.32 Å². The Balaban J connectivity index is 1.93. The van der Waals surface area contributed by atoms with Gasteiger partial charge in [-0.3, -0.25) is 0 Å². The summed E-state index contributed by atoms with van der Waals surface area (Å²) >= 11 is 0. The molecule has 2 heterocycles. The predicted octanol–water partition coefficient (Wildman–Crippen LogP) is 1.53. The molecule has 5 nitrogen and oxygen atoms in total. The van der Waals surface area contributed by atoms with Gasteiger partial charge in [-0.15, -0.1) is 0 Å². The van der Waals surface area contributed by atoms with Crippen molar-refractivity contribution < 1.29 is 19.0 Å². The maximum atomic E-state index is 13.4. The molecule has 1 unspecified atom stereocenters. The number of anilines is 1. The van der Waals surface area contributed by atoms with Crippen LogP contribution >= 0.6 is 0 Å². The van der Waals surface area contributed by atoms with E-state index in [2.05, 4.69) is 10.3 Å². The summed E-state index contributed by atoms with van der Waals surface area (Å²) in [5.41, 5.74) is -0.338. The number of aromatic hydroxyl groups is 1. The molecule has 1 atom stereocenters. The van der Waals surface area contributed by atoms with Gasteiger partial charge in [0, 0.05) is 12.6 Å². The Morgan fingerprint density at radius 3 is 3.06 bits per heavy atom. The minimum Gasteiger partial charge on any atom is -0.493 e. The summed E-state index contributed by atoms with van der Waals surface area (Å²) in [7, 11) is 0. The standard InChI is InChI=1S/C12H17FN2O3/c1-12(2)7-17-6-8(18-12)5-14-11-9(13)3-4-10(16)15-11/h3-4,8H,5-7H2,1-2H3,(H2,14,15,16). The molecule has 0 bridgehead atoms. The summed E-state index contributed by atoms with van der Waals surface area (Å²) in [6, 6.07) is 2.36. The van der Waals surface area contributed by atoms with Crippen molar-refractivity contribution >= 4 is 5.82 Å². The Labute approximate surface area is 105 Å². The molecule has 1 aliphatic rings. The third-order valence-corrected chi connectivity index (χ3v) is 2.57. The lowest BCUT2D eigenvalue weighted by Gasteiger charge is -2.35. The lowest BCUT2D eigenvalue weighted by Crippen LogP contribution is -2.45. The number of nitrogens with one attached hydrogen (secondary N) is 1. The Morgan fingerprint density at radius 1 is 1.56 bits per heavy atom. The fraction of sp³-hybridized carbons (Fsp3) is 0.583. The van der Waals surface area contributed by atoms with E-state index >= 15 is 0 Å². The highest BCUT2D eigenvalue weighted by Gasteiger charge is 2.29. The molecule has 100 valence electrons. The molecular formula is C12H17FN2O3. The summed E-state index contributed by atoms with van der Waals surface area (Å²) in [6.07, 6.45) is -0.169. The maximum absolute atomic E-state index is 13.4. The van der Waals surface area contributed by atoms with Gasteiger partial charge in [0.1, 0.15) is 0 Å². The second-order valence-corrected chi connectivity index (χ2v) is 4.90. The second kappa shape index (κ2) is 5.07. The van der Waals surface area contributed by atoms with E-state index in [1.54, 1.807) is 0 Å². The molecule has 0 aromatic carbocycles. The van der Waals surface area contributed by atoms with Crippen LogP contribution in [0, 0.1) is 5.82 Å². The predicted molar refractivity (Wildman–Crippen MR) is 64.1 cm³/mol. The maximum Gasteiger partial charge on any atom is 0.212 e. The monoisotopic (exact) mass is 256 g/mol. The second-order valence-electron chi connectivity index (χ2n) is 4.90. The Kier molecular flexibility index (Phi) is 3.68. The molecule has 1 aromatic heterocycles. The van der Waals surface area contributed by atoms with E-state index in [1.807, 2.05) is 13.8 Å². The third-order valence-electron chi connectivity index (χ3n) is 2.57. The average molecular weight is 256 g/mol. The van der Waals surface area contributed by atoms with E-state index in [-0.39, 0.29) is 23.4 Å². The topological polar surface area (TPSA) is 63.6 Å². The van der Waals surface area contributed by atoms with Crippen LogP contribution in [-0.4, -0.2) is 41.6 Å². The average Bonchev–Trinajstić information content (AvgIpc) is 2.29. The summed E-state index contributed by atoms with van der Waals surface area (Å²) < 4.78 is 24.5. The van der Waals surface area contributed by atoms with E-state index in [0.29, 0.717) is 19.8 Å². The van der Waals surface area contributed by atoms with Crippen LogP contribution in [0.5, 0.6) is 5.88 Å². The van der Waals surface area contributed by atoms with Crippen molar-refractivity contribution in [2.45, 2.75) is 25.6 Å². The quantitative estimate of drug-likeness (QED) is 0.858. The number of ether oxygens (including phenoxy) is 2. The van der Waals surface area contributed by atoms with Crippen molar-refractivity contribution in [3.8, 4) is 5.88 Å². The summed E-state index contributed by atoms with van der Waals surface area (Å²) in [6.45, 7) is 5.24. The van der Waals surface area contributed by atoms with Gasteiger partial charge >= 0.3 is 0 Å². The molecule has 2 rings (SSSR count). The lowest BCUT2D eigenvalue weighted by atomic mass is 10.1. The first-order valence-corrected chi connectivity index (χ1v) is 5.81. The lowest BCUT2D eigenvalue weighted by molar-refractivity contribution is -0.177. The number of aromatic nitrogens is 1. The molecule has 1 saturated heterocycles. The van der Waals surface area contributed by atoms with Gasteiger partial charge in [0.25, 0.3) is 0 Å². The third kappa shape index (κ3) is 3.30. The number of hydrogen-bond acceptors (Lipinski definition) is 5. The molecule has 0 aliphatic carbocycles. The van der Waals surface area contributed by atoms with Crippen LogP contribution in [0.1, 0.15) is 13.8 Å². The molecule has 1 fully saturated rings. The summed E-state index contributed by atoms with van der Waals surface area (Å²) in [5, 5.41) is 12.0. The summed E-state index contributed by atoms with van der Waals surface area (Å²) in [4.78, 5) is 3.67. The molecule has 1 aliphatic heterocycles. The Morgan fingerprint density at radius 2 is 2.33 bits per heavy atom. The molecule has 18 heavy (non-hydrogen) atoms. The molecular weight excluding hydrogens is 239 g/mol. The van der Waals surface area contributed by atoms with Crippen molar-refractivity contribution in [1.82, 2.24) is 4.98 Å². The minimum atomic E-state index is -0.510. The van der Waals surface area contributed by atoms with Crippen molar-refractivity contribution in [1.29, 1.82) is 0 Å². The van der Waals surface area contributed by atoms with Crippen molar-refractivity contribution in [2.24, 2.45) is 0 Å². The Bertz CT molecular complexity index is 426. The smallest absolute Gasteiger partial charge is 0.212 e. The van der Waals surface area contributed by atoms with E-state index in [1.165, 1.54) is 6.07 Å². The van der Waals surface area contributed by atoms with E-state index in [9.17, 15) is 9.50 Å². The van der Waals surface area contributed by atoms with Crippen LogP contribution in [0.15, 0.2) is 12.1 Å². The van der Waals surface area contributed by atoms with Crippen molar-refractivity contribution in [3.63, 3.8) is 0 Å². The van der Waals surface area contributed by atoms with Crippen molar-refractivity contribution in [2.75, 3.05) is 25.1 Å². The fourth-order valence-electron chi connectivity index (χ4n) is 1.82.